The first-order chi connectivity index (χ1) is 8.56. The Kier molecular flexibility index (Phi) is 3.55. The molecular formula is C14H15NO3. The fourth-order valence-corrected chi connectivity index (χ4v) is 2.22. The second kappa shape index (κ2) is 5.12. The number of rotatable bonds is 3. The molecule has 0 aromatic heterocycles. The largest absolute Gasteiger partial charge is 0.295 e. The van der Waals surface area contributed by atoms with Gasteiger partial charge in [0.2, 0.25) is 0 Å². The monoisotopic (exact) mass is 245 g/mol. The van der Waals surface area contributed by atoms with Crippen LogP contribution in [0.25, 0.3) is 0 Å². The van der Waals surface area contributed by atoms with Crippen LogP contribution in [0.2, 0.25) is 0 Å². The second-order valence-electron chi connectivity index (χ2n) is 4.76. The van der Waals surface area contributed by atoms with E-state index in [1.165, 1.54) is 12.1 Å². The van der Waals surface area contributed by atoms with E-state index in [0.717, 1.165) is 24.0 Å². The first kappa shape index (κ1) is 12.5. The van der Waals surface area contributed by atoms with Crippen molar-refractivity contribution in [2.45, 2.75) is 26.2 Å². The van der Waals surface area contributed by atoms with E-state index in [2.05, 4.69) is 0 Å². The molecule has 1 aromatic carbocycles. The van der Waals surface area contributed by atoms with Crippen LogP contribution in [0.1, 0.15) is 25.3 Å². The van der Waals surface area contributed by atoms with Gasteiger partial charge in [-0.15, -0.1) is 0 Å². The minimum atomic E-state index is -0.415. The van der Waals surface area contributed by atoms with Crippen LogP contribution in [0, 0.1) is 16.0 Å². The maximum atomic E-state index is 11.8. The van der Waals surface area contributed by atoms with Gasteiger partial charge in [-0.05, 0) is 37.8 Å². The van der Waals surface area contributed by atoms with Crippen molar-refractivity contribution >= 4 is 11.5 Å². The van der Waals surface area contributed by atoms with Crippen LogP contribution in [0.5, 0.6) is 0 Å². The zero-order chi connectivity index (χ0) is 13.1. The molecule has 0 fully saturated rings. The fraction of sp³-hybridized carbons (Fsp3) is 0.357. The Morgan fingerprint density at radius 2 is 2.00 bits per heavy atom. The van der Waals surface area contributed by atoms with Gasteiger partial charge < -0.3 is 0 Å². The fourth-order valence-electron chi connectivity index (χ4n) is 2.22. The minimum Gasteiger partial charge on any atom is -0.295 e. The summed E-state index contributed by atoms with van der Waals surface area (Å²) in [6.07, 6.45) is 4.22. The van der Waals surface area contributed by atoms with Crippen LogP contribution in [-0.4, -0.2) is 10.7 Å². The van der Waals surface area contributed by atoms with Crippen molar-refractivity contribution in [3.63, 3.8) is 0 Å². The molecule has 4 nitrogen and oxygen atoms in total. The van der Waals surface area contributed by atoms with Gasteiger partial charge in [0.05, 0.1) is 4.92 Å². The summed E-state index contributed by atoms with van der Waals surface area (Å²) in [5.74, 6) is 0.201. The zero-order valence-corrected chi connectivity index (χ0v) is 10.3. The molecule has 0 radical (unpaired) electrons. The number of non-ortho nitro benzene ring substituents is 1. The molecule has 0 N–H and O–H groups in total. The summed E-state index contributed by atoms with van der Waals surface area (Å²) in [7, 11) is 0. The van der Waals surface area contributed by atoms with Crippen molar-refractivity contribution in [3.8, 4) is 0 Å². The van der Waals surface area contributed by atoms with Crippen molar-refractivity contribution in [3.05, 3.63) is 51.6 Å². The lowest BCUT2D eigenvalue weighted by molar-refractivity contribution is -0.384. The number of carbonyl (C=O) groups excluding carboxylic acids is 1. The van der Waals surface area contributed by atoms with Crippen LogP contribution in [0.3, 0.4) is 0 Å². The topological polar surface area (TPSA) is 60.2 Å². The maximum absolute atomic E-state index is 11.8. The van der Waals surface area contributed by atoms with E-state index < -0.39 is 4.92 Å². The van der Waals surface area contributed by atoms with Crippen LogP contribution >= 0.6 is 0 Å². The van der Waals surface area contributed by atoms with E-state index in [9.17, 15) is 14.9 Å². The van der Waals surface area contributed by atoms with E-state index in [4.69, 9.17) is 0 Å². The lowest BCUT2D eigenvalue weighted by Gasteiger charge is -2.19. The summed E-state index contributed by atoms with van der Waals surface area (Å²) in [4.78, 5) is 21.9. The van der Waals surface area contributed by atoms with E-state index in [1.807, 2.05) is 6.92 Å². The molecule has 1 unspecified atom stereocenters. The molecule has 1 aliphatic rings. The lowest BCUT2D eigenvalue weighted by Crippen LogP contribution is -2.19. The van der Waals surface area contributed by atoms with Crippen molar-refractivity contribution < 1.29 is 9.72 Å². The Hall–Kier alpha value is -1.97. The average Bonchev–Trinajstić information content (AvgIpc) is 2.33. The van der Waals surface area contributed by atoms with E-state index in [-0.39, 0.29) is 17.4 Å². The molecule has 0 saturated heterocycles. The van der Waals surface area contributed by atoms with Crippen molar-refractivity contribution in [1.82, 2.24) is 0 Å². The lowest BCUT2D eigenvalue weighted by atomic mass is 9.85. The van der Waals surface area contributed by atoms with E-state index >= 15 is 0 Å². The molecule has 0 amide bonds. The van der Waals surface area contributed by atoms with Crippen LogP contribution in [-0.2, 0) is 11.2 Å². The summed E-state index contributed by atoms with van der Waals surface area (Å²) >= 11 is 0. The van der Waals surface area contributed by atoms with Gasteiger partial charge in [0, 0.05) is 18.1 Å². The first-order valence-corrected chi connectivity index (χ1v) is 6.00. The van der Waals surface area contributed by atoms with Crippen LogP contribution in [0.4, 0.5) is 5.69 Å². The highest BCUT2D eigenvalue weighted by Crippen LogP contribution is 2.24. The number of carbonyl (C=O) groups is 1. The van der Waals surface area contributed by atoms with Gasteiger partial charge in [0.1, 0.15) is 0 Å². The van der Waals surface area contributed by atoms with Crippen molar-refractivity contribution in [1.29, 1.82) is 0 Å². The molecule has 1 aromatic rings. The van der Waals surface area contributed by atoms with Gasteiger partial charge in [-0.1, -0.05) is 17.7 Å². The predicted octanol–water partition coefficient (Wildman–Crippen LogP) is 3.06. The highest BCUT2D eigenvalue weighted by atomic mass is 16.6. The standard InChI is InChI=1S/C14H15NO3/c1-10-2-5-12(14(16)8-10)9-11-3-6-13(7-4-11)15(17)18/h3-4,6-8,12H,2,5,9H2,1H3. The third-order valence-electron chi connectivity index (χ3n) is 3.31. The van der Waals surface area contributed by atoms with Crippen LogP contribution < -0.4 is 0 Å². The minimum absolute atomic E-state index is 0.0233. The SMILES string of the molecule is CC1=CC(=O)C(Cc2ccc([N+](=O)[O-])cc2)CC1. The Labute approximate surface area is 105 Å². The number of hydrogen-bond acceptors (Lipinski definition) is 3. The molecule has 18 heavy (non-hydrogen) atoms. The summed E-state index contributed by atoms with van der Waals surface area (Å²) in [6.45, 7) is 1.97. The molecule has 2 rings (SSSR count). The predicted molar refractivity (Wildman–Crippen MR) is 68.3 cm³/mol. The third kappa shape index (κ3) is 2.83. The highest BCUT2D eigenvalue weighted by molar-refractivity contribution is 5.93. The first-order valence-electron chi connectivity index (χ1n) is 6.00. The third-order valence-corrected chi connectivity index (χ3v) is 3.31. The molecular weight excluding hydrogens is 230 g/mol. The number of nitro groups is 1. The molecule has 0 saturated carbocycles. The smallest absolute Gasteiger partial charge is 0.269 e. The summed E-state index contributed by atoms with van der Waals surface area (Å²) in [6, 6.07) is 6.45. The Morgan fingerprint density at radius 1 is 1.33 bits per heavy atom. The van der Waals surface area contributed by atoms with Crippen molar-refractivity contribution in [2.75, 3.05) is 0 Å². The number of hydrogen-bond donors (Lipinski definition) is 0. The maximum Gasteiger partial charge on any atom is 0.269 e. The van der Waals surface area contributed by atoms with Crippen molar-refractivity contribution in [2.24, 2.45) is 5.92 Å². The second-order valence-corrected chi connectivity index (χ2v) is 4.76. The normalized spacial score (nSPS) is 19.5. The highest BCUT2D eigenvalue weighted by Gasteiger charge is 2.21. The van der Waals surface area contributed by atoms with Gasteiger partial charge in [-0.3, -0.25) is 14.9 Å². The van der Waals surface area contributed by atoms with Gasteiger partial charge >= 0.3 is 0 Å². The Morgan fingerprint density at radius 3 is 2.56 bits per heavy atom. The molecule has 4 heteroatoms. The molecule has 0 spiro atoms. The number of nitro benzene ring substituents is 1. The number of benzene rings is 1. The average molecular weight is 245 g/mol. The summed E-state index contributed by atoms with van der Waals surface area (Å²) < 4.78 is 0. The quantitative estimate of drug-likeness (QED) is 0.607. The Balaban J connectivity index is 2.06. The van der Waals surface area contributed by atoms with Gasteiger partial charge in [0.25, 0.3) is 5.69 Å². The molecule has 0 heterocycles. The molecule has 1 aliphatic carbocycles. The number of allylic oxidation sites excluding steroid dienone is 2. The van der Waals surface area contributed by atoms with Crippen LogP contribution in [0.15, 0.2) is 35.9 Å². The molecule has 1 atom stereocenters. The molecule has 94 valence electrons. The molecule has 0 bridgehead atoms. The molecule has 0 aliphatic heterocycles. The number of ketones is 1. The zero-order valence-electron chi connectivity index (χ0n) is 10.3. The number of nitrogens with zero attached hydrogens (tertiary/aromatic N) is 1. The Bertz CT molecular complexity index is 502. The van der Waals surface area contributed by atoms with E-state index in [0.29, 0.717) is 6.42 Å². The summed E-state index contributed by atoms with van der Waals surface area (Å²) in [5.41, 5.74) is 2.20. The van der Waals surface area contributed by atoms with Gasteiger partial charge in [-0.2, -0.15) is 0 Å². The van der Waals surface area contributed by atoms with E-state index in [1.54, 1.807) is 18.2 Å². The van der Waals surface area contributed by atoms with Gasteiger partial charge in [-0.25, -0.2) is 0 Å². The summed E-state index contributed by atoms with van der Waals surface area (Å²) in [5, 5.41) is 10.5. The van der Waals surface area contributed by atoms with Gasteiger partial charge in [0.15, 0.2) is 5.78 Å².